The molecule has 0 spiro atoms. The SMILES string of the molecule is Cc1cc(S(=O)(=O)c2ccc(Cl)c3c2C(C#N)NC=C3)ccc1-n1cccc1. The second-order valence-corrected chi connectivity index (χ2v) is 8.80. The molecule has 3 aromatic rings. The van der Waals surface area contributed by atoms with Crippen molar-refractivity contribution in [2.45, 2.75) is 22.8 Å². The third-order valence-electron chi connectivity index (χ3n) is 4.78. The van der Waals surface area contributed by atoms with Crippen LogP contribution in [0.15, 0.2) is 70.8 Å². The van der Waals surface area contributed by atoms with E-state index in [0.29, 0.717) is 16.1 Å². The van der Waals surface area contributed by atoms with Gasteiger partial charge in [0.05, 0.1) is 15.9 Å². The fraction of sp³-hybridized carbons (Fsp3) is 0.0952. The molecular weight excluding hydrogens is 394 g/mol. The molecule has 4 rings (SSSR count). The molecule has 0 aliphatic carbocycles. The van der Waals surface area contributed by atoms with E-state index in [4.69, 9.17) is 11.6 Å². The number of halogens is 1. The molecule has 0 bridgehead atoms. The van der Waals surface area contributed by atoms with Crippen molar-refractivity contribution in [1.29, 1.82) is 5.26 Å². The molecule has 0 radical (unpaired) electrons. The van der Waals surface area contributed by atoms with Gasteiger partial charge in [0.1, 0.15) is 6.04 Å². The van der Waals surface area contributed by atoms with Gasteiger partial charge in [0.15, 0.2) is 0 Å². The molecule has 0 fully saturated rings. The lowest BCUT2D eigenvalue weighted by atomic mass is 9.98. The number of nitrogens with zero attached hydrogens (tertiary/aromatic N) is 2. The number of nitrogens with one attached hydrogen (secondary N) is 1. The molecule has 2 heterocycles. The van der Waals surface area contributed by atoms with Crippen LogP contribution in [0.2, 0.25) is 5.02 Å². The lowest BCUT2D eigenvalue weighted by Gasteiger charge is -2.22. The molecule has 1 aromatic heterocycles. The normalized spacial score (nSPS) is 15.5. The van der Waals surface area contributed by atoms with Gasteiger partial charge in [-0.25, -0.2) is 8.42 Å². The second-order valence-electron chi connectivity index (χ2n) is 6.48. The average molecular weight is 410 g/mol. The molecule has 2 aromatic carbocycles. The van der Waals surface area contributed by atoms with Gasteiger partial charge in [-0.15, -0.1) is 0 Å². The van der Waals surface area contributed by atoms with E-state index in [0.717, 1.165) is 11.3 Å². The Morgan fingerprint density at radius 1 is 1.18 bits per heavy atom. The van der Waals surface area contributed by atoms with Crippen LogP contribution in [-0.2, 0) is 9.84 Å². The molecule has 7 heteroatoms. The molecule has 1 aliphatic heterocycles. The van der Waals surface area contributed by atoms with Gasteiger partial charge in [0.2, 0.25) is 9.84 Å². The first-order valence-electron chi connectivity index (χ1n) is 8.57. The highest BCUT2D eigenvalue weighted by molar-refractivity contribution is 7.91. The molecule has 1 N–H and O–H groups in total. The van der Waals surface area contributed by atoms with E-state index in [1.54, 1.807) is 36.5 Å². The number of benzene rings is 2. The number of aromatic nitrogens is 1. The maximum atomic E-state index is 13.4. The van der Waals surface area contributed by atoms with E-state index in [-0.39, 0.29) is 9.79 Å². The van der Waals surface area contributed by atoms with E-state index in [1.165, 1.54) is 6.07 Å². The lowest BCUT2D eigenvalue weighted by molar-refractivity contribution is 0.592. The van der Waals surface area contributed by atoms with Crippen LogP contribution in [0.5, 0.6) is 0 Å². The van der Waals surface area contributed by atoms with Crippen LogP contribution in [-0.4, -0.2) is 13.0 Å². The third-order valence-corrected chi connectivity index (χ3v) is 6.91. The standard InChI is InChI=1S/C21H16ClN3O2S/c1-14-12-15(4-6-19(14)25-10-2-3-11-25)28(26,27)20-7-5-17(22)16-8-9-24-18(13-23)21(16)20/h2-12,18,24H,1H3. The fourth-order valence-corrected chi connectivity index (χ4v) is 5.24. The Hall–Kier alpha value is -3.01. The van der Waals surface area contributed by atoms with Gasteiger partial charge in [0.25, 0.3) is 0 Å². The Bertz CT molecular complexity index is 1240. The highest BCUT2D eigenvalue weighted by atomic mass is 35.5. The minimum atomic E-state index is -3.84. The van der Waals surface area contributed by atoms with Gasteiger partial charge in [-0.3, -0.25) is 0 Å². The number of hydrogen-bond donors (Lipinski definition) is 1. The maximum absolute atomic E-state index is 13.4. The van der Waals surface area contributed by atoms with Crippen molar-refractivity contribution < 1.29 is 8.42 Å². The largest absolute Gasteiger partial charge is 0.372 e. The minimum absolute atomic E-state index is 0.0865. The summed E-state index contributed by atoms with van der Waals surface area (Å²) in [5, 5.41) is 12.8. The lowest BCUT2D eigenvalue weighted by Crippen LogP contribution is -2.21. The Balaban J connectivity index is 1.88. The van der Waals surface area contributed by atoms with E-state index in [2.05, 4.69) is 11.4 Å². The fourth-order valence-electron chi connectivity index (χ4n) is 3.41. The Morgan fingerprint density at radius 3 is 2.61 bits per heavy atom. The van der Waals surface area contributed by atoms with E-state index < -0.39 is 15.9 Å². The monoisotopic (exact) mass is 409 g/mol. The number of aryl methyl sites for hydroxylation is 1. The van der Waals surface area contributed by atoms with Crippen molar-refractivity contribution in [2.24, 2.45) is 0 Å². The van der Waals surface area contributed by atoms with Gasteiger partial charge < -0.3 is 9.88 Å². The molecule has 0 saturated heterocycles. The maximum Gasteiger partial charge on any atom is 0.207 e. The molecule has 28 heavy (non-hydrogen) atoms. The smallest absolute Gasteiger partial charge is 0.207 e. The summed E-state index contributed by atoms with van der Waals surface area (Å²) in [5.74, 6) is 0. The topological polar surface area (TPSA) is 74.9 Å². The molecule has 0 amide bonds. The highest BCUT2D eigenvalue weighted by Crippen LogP contribution is 2.37. The molecule has 0 saturated carbocycles. The van der Waals surface area contributed by atoms with E-state index in [9.17, 15) is 13.7 Å². The molecular formula is C21H16ClN3O2S. The van der Waals surface area contributed by atoms with E-state index in [1.807, 2.05) is 36.0 Å². The number of rotatable bonds is 3. The first kappa shape index (κ1) is 18.4. The second kappa shape index (κ2) is 6.86. The third kappa shape index (κ3) is 2.89. The van der Waals surface area contributed by atoms with Crippen LogP contribution in [0.3, 0.4) is 0 Å². The van der Waals surface area contributed by atoms with Gasteiger partial charge in [0, 0.05) is 34.2 Å². The summed E-state index contributed by atoms with van der Waals surface area (Å²) in [6, 6.07) is 13.2. The Morgan fingerprint density at radius 2 is 1.93 bits per heavy atom. The van der Waals surface area contributed by atoms with Crippen LogP contribution in [0, 0.1) is 18.3 Å². The first-order valence-corrected chi connectivity index (χ1v) is 10.4. The number of hydrogen-bond acceptors (Lipinski definition) is 4. The van der Waals surface area contributed by atoms with Crippen LogP contribution in [0.25, 0.3) is 11.8 Å². The molecule has 1 atom stereocenters. The summed E-state index contributed by atoms with van der Waals surface area (Å²) in [5.41, 5.74) is 2.66. The van der Waals surface area contributed by atoms with Crippen molar-refractivity contribution >= 4 is 27.5 Å². The highest BCUT2D eigenvalue weighted by Gasteiger charge is 2.30. The van der Waals surface area contributed by atoms with E-state index >= 15 is 0 Å². The number of sulfone groups is 1. The molecule has 140 valence electrons. The zero-order chi connectivity index (χ0) is 19.9. The summed E-state index contributed by atoms with van der Waals surface area (Å²) < 4.78 is 28.8. The predicted octanol–water partition coefficient (Wildman–Crippen LogP) is 4.41. The average Bonchev–Trinajstić information content (AvgIpc) is 3.22. The van der Waals surface area contributed by atoms with Gasteiger partial charge in [-0.1, -0.05) is 11.6 Å². The zero-order valence-corrected chi connectivity index (χ0v) is 16.5. The number of fused-ring (bicyclic) bond motifs is 1. The van der Waals surface area contributed by atoms with Crippen molar-refractivity contribution in [3.05, 3.63) is 82.8 Å². The van der Waals surface area contributed by atoms with Crippen LogP contribution in [0.1, 0.15) is 22.7 Å². The van der Waals surface area contributed by atoms with Crippen LogP contribution >= 0.6 is 11.6 Å². The first-order chi connectivity index (χ1) is 13.4. The summed E-state index contributed by atoms with van der Waals surface area (Å²) >= 11 is 6.25. The van der Waals surface area contributed by atoms with Crippen molar-refractivity contribution in [3.63, 3.8) is 0 Å². The molecule has 1 unspecified atom stereocenters. The summed E-state index contributed by atoms with van der Waals surface area (Å²) in [6.45, 7) is 1.87. The Labute approximate surface area is 168 Å². The zero-order valence-electron chi connectivity index (χ0n) is 14.9. The summed E-state index contributed by atoms with van der Waals surface area (Å²) in [4.78, 5) is 0.264. The predicted molar refractivity (Wildman–Crippen MR) is 108 cm³/mol. The summed E-state index contributed by atoms with van der Waals surface area (Å²) in [7, 11) is -3.84. The van der Waals surface area contributed by atoms with Crippen LogP contribution < -0.4 is 5.32 Å². The van der Waals surface area contributed by atoms with Gasteiger partial charge in [-0.2, -0.15) is 5.26 Å². The van der Waals surface area contributed by atoms with Crippen molar-refractivity contribution in [3.8, 4) is 11.8 Å². The van der Waals surface area contributed by atoms with Crippen LogP contribution in [0.4, 0.5) is 0 Å². The Kier molecular flexibility index (Phi) is 4.50. The minimum Gasteiger partial charge on any atom is -0.372 e. The molecule has 1 aliphatic rings. The quantitative estimate of drug-likeness (QED) is 0.695. The summed E-state index contributed by atoms with van der Waals surface area (Å²) in [6.07, 6.45) is 7.10. The number of nitriles is 1. The van der Waals surface area contributed by atoms with Gasteiger partial charge >= 0.3 is 0 Å². The van der Waals surface area contributed by atoms with Crippen molar-refractivity contribution in [1.82, 2.24) is 9.88 Å². The van der Waals surface area contributed by atoms with Gasteiger partial charge in [-0.05, 0) is 67.2 Å². The van der Waals surface area contributed by atoms with Crippen molar-refractivity contribution in [2.75, 3.05) is 0 Å². The molecule has 5 nitrogen and oxygen atoms in total.